The molecule has 2 fully saturated rings. The number of rotatable bonds is 8. The number of methoxy groups -OCH3 is 1. The van der Waals surface area contributed by atoms with Crippen LogP contribution in [0.5, 0.6) is 0 Å². The van der Waals surface area contributed by atoms with E-state index in [0.717, 1.165) is 19.3 Å². The third kappa shape index (κ3) is 3.53. The standard InChI is InChI=1S/C17H34O5Si/c1-15(2,3)23(5,6)21-12-17-14(22-17)8-7-9-16(17,10-11-18)20-13-19-4/h14,18H,7-13H2,1-6H3/t14-,16-,17-/m0/s1. The van der Waals surface area contributed by atoms with Gasteiger partial charge in [-0.05, 0) is 37.4 Å². The quantitative estimate of drug-likeness (QED) is 0.416. The van der Waals surface area contributed by atoms with E-state index in [1.165, 1.54) is 0 Å². The minimum Gasteiger partial charge on any atom is -0.414 e. The molecule has 5 nitrogen and oxygen atoms in total. The maximum absolute atomic E-state index is 9.58. The summed E-state index contributed by atoms with van der Waals surface area (Å²) >= 11 is 0. The van der Waals surface area contributed by atoms with Gasteiger partial charge in [0.15, 0.2) is 8.32 Å². The van der Waals surface area contributed by atoms with E-state index in [2.05, 4.69) is 33.9 Å². The fraction of sp³-hybridized carbons (Fsp3) is 1.00. The van der Waals surface area contributed by atoms with Crippen molar-refractivity contribution in [1.29, 1.82) is 0 Å². The van der Waals surface area contributed by atoms with E-state index in [1.54, 1.807) is 7.11 Å². The Labute approximate surface area is 141 Å². The zero-order chi connectivity index (χ0) is 17.4. The van der Waals surface area contributed by atoms with Crippen molar-refractivity contribution in [2.24, 2.45) is 0 Å². The van der Waals surface area contributed by atoms with Crippen LogP contribution in [-0.4, -0.2) is 57.8 Å². The van der Waals surface area contributed by atoms with Gasteiger partial charge in [-0.25, -0.2) is 0 Å². The Morgan fingerprint density at radius 3 is 2.57 bits per heavy atom. The number of epoxide rings is 1. The fourth-order valence-electron chi connectivity index (χ4n) is 3.42. The van der Waals surface area contributed by atoms with Crippen LogP contribution in [0.25, 0.3) is 0 Å². The molecule has 1 aliphatic carbocycles. The minimum absolute atomic E-state index is 0.0850. The highest BCUT2D eigenvalue weighted by molar-refractivity contribution is 6.74. The topological polar surface area (TPSA) is 60.5 Å². The van der Waals surface area contributed by atoms with Gasteiger partial charge in [0.2, 0.25) is 0 Å². The van der Waals surface area contributed by atoms with Crippen molar-refractivity contribution in [1.82, 2.24) is 0 Å². The monoisotopic (exact) mass is 346 g/mol. The van der Waals surface area contributed by atoms with E-state index < -0.39 is 19.5 Å². The lowest BCUT2D eigenvalue weighted by Gasteiger charge is -2.44. The summed E-state index contributed by atoms with van der Waals surface area (Å²) in [7, 11) is -0.231. The van der Waals surface area contributed by atoms with E-state index in [4.69, 9.17) is 18.6 Å². The van der Waals surface area contributed by atoms with E-state index in [9.17, 15) is 5.11 Å². The van der Waals surface area contributed by atoms with Crippen LogP contribution in [0.1, 0.15) is 46.5 Å². The number of aliphatic hydroxyl groups is 1. The van der Waals surface area contributed by atoms with Gasteiger partial charge in [0.05, 0.1) is 12.7 Å². The van der Waals surface area contributed by atoms with E-state index in [1.807, 2.05) is 0 Å². The average molecular weight is 347 g/mol. The van der Waals surface area contributed by atoms with Crippen molar-refractivity contribution in [3.63, 3.8) is 0 Å². The molecule has 0 aromatic rings. The van der Waals surface area contributed by atoms with Gasteiger partial charge in [-0.2, -0.15) is 0 Å². The fourth-order valence-corrected chi connectivity index (χ4v) is 4.42. The first-order chi connectivity index (χ1) is 10.6. The smallest absolute Gasteiger partial charge is 0.192 e. The zero-order valence-electron chi connectivity index (χ0n) is 15.6. The number of hydrogen-bond donors (Lipinski definition) is 1. The predicted molar refractivity (Wildman–Crippen MR) is 92.0 cm³/mol. The summed E-state index contributed by atoms with van der Waals surface area (Å²) < 4.78 is 23.8. The lowest BCUT2D eigenvalue weighted by Crippen LogP contribution is -2.56. The normalized spacial score (nSPS) is 34.3. The molecule has 0 bridgehead atoms. The molecule has 2 rings (SSSR count). The summed E-state index contributed by atoms with van der Waals surface area (Å²) in [6, 6.07) is 0. The van der Waals surface area contributed by atoms with Crippen LogP contribution >= 0.6 is 0 Å². The van der Waals surface area contributed by atoms with E-state index >= 15 is 0 Å². The zero-order valence-corrected chi connectivity index (χ0v) is 16.6. The lowest BCUT2D eigenvalue weighted by molar-refractivity contribution is -0.182. The molecule has 23 heavy (non-hydrogen) atoms. The van der Waals surface area contributed by atoms with Crippen molar-refractivity contribution in [2.45, 2.75) is 81.9 Å². The molecule has 1 saturated heterocycles. The minimum atomic E-state index is -1.86. The van der Waals surface area contributed by atoms with Gasteiger partial charge in [-0.1, -0.05) is 20.8 Å². The first kappa shape index (κ1) is 19.3. The molecular formula is C17H34O5Si. The molecule has 6 heteroatoms. The van der Waals surface area contributed by atoms with Crippen molar-refractivity contribution in [2.75, 3.05) is 27.1 Å². The summed E-state index contributed by atoms with van der Waals surface area (Å²) in [5, 5.41) is 9.75. The van der Waals surface area contributed by atoms with Crippen molar-refractivity contribution >= 4 is 8.32 Å². The van der Waals surface area contributed by atoms with Crippen LogP contribution in [0.3, 0.4) is 0 Å². The second-order valence-electron chi connectivity index (χ2n) is 8.46. The molecule has 0 spiro atoms. The van der Waals surface area contributed by atoms with Gasteiger partial charge in [0, 0.05) is 20.1 Å². The molecule has 0 unspecified atom stereocenters. The Kier molecular flexibility index (Phi) is 5.66. The second kappa shape index (κ2) is 6.73. The maximum atomic E-state index is 9.58. The predicted octanol–water partition coefficient (Wildman–Crippen LogP) is 3.07. The van der Waals surface area contributed by atoms with Crippen LogP contribution in [0.15, 0.2) is 0 Å². The molecule has 2 aliphatic rings. The molecule has 0 amide bonds. The summed E-state index contributed by atoms with van der Waals surface area (Å²) in [5.74, 6) is 0. The van der Waals surface area contributed by atoms with Gasteiger partial charge in [0.1, 0.15) is 18.0 Å². The molecule has 1 heterocycles. The van der Waals surface area contributed by atoms with Gasteiger partial charge >= 0.3 is 0 Å². The summed E-state index contributed by atoms with van der Waals surface area (Å²) in [6.07, 6.45) is 3.73. The van der Waals surface area contributed by atoms with E-state index in [0.29, 0.717) is 13.0 Å². The summed E-state index contributed by atoms with van der Waals surface area (Å²) in [4.78, 5) is 0. The Morgan fingerprint density at radius 1 is 1.30 bits per heavy atom. The Morgan fingerprint density at radius 2 is 2.00 bits per heavy atom. The molecule has 3 atom stereocenters. The van der Waals surface area contributed by atoms with E-state index in [-0.39, 0.29) is 24.5 Å². The maximum Gasteiger partial charge on any atom is 0.192 e. The number of aliphatic hydroxyl groups excluding tert-OH is 1. The number of hydrogen-bond acceptors (Lipinski definition) is 5. The molecular weight excluding hydrogens is 312 g/mol. The molecule has 136 valence electrons. The van der Waals surface area contributed by atoms with Crippen molar-refractivity contribution in [3.8, 4) is 0 Å². The van der Waals surface area contributed by atoms with Crippen LogP contribution in [-0.2, 0) is 18.6 Å². The Balaban J connectivity index is 2.16. The second-order valence-corrected chi connectivity index (χ2v) is 13.3. The molecule has 1 N–H and O–H groups in total. The molecule has 0 radical (unpaired) electrons. The molecule has 0 aromatic carbocycles. The summed E-state index contributed by atoms with van der Waals surface area (Å²) in [6.45, 7) is 12.1. The first-order valence-electron chi connectivity index (χ1n) is 8.70. The highest BCUT2D eigenvalue weighted by Gasteiger charge is 2.71. The number of fused-ring (bicyclic) bond motifs is 1. The van der Waals surface area contributed by atoms with Crippen LogP contribution in [0.2, 0.25) is 18.1 Å². The van der Waals surface area contributed by atoms with Crippen LogP contribution < -0.4 is 0 Å². The molecule has 0 aromatic heterocycles. The van der Waals surface area contributed by atoms with Crippen molar-refractivity contribution in [3.05, 3.63) is 0 Å². The van der Waals surface area contributed by atoms with Crippen LogP contribution in [0.4, 0.5) is 0 Å². The Bertz CT molecular complexity index is 404. The SMILES string of the molecule is COCO[C@]1(CCO)CCC[C@@H]2O[C@@]21CO[Si](C)(C)C(C)(C)C. The third-order valence-electron chi connectivity index (χ3n) is 6.06. The molecule has 1 aliphatic heterocycles. The lowest BCUT2D eigenvalue weighted by atomic mass is 9.73. The van der Waals surface area contributed by atoms with Gasteiger partial charge in [0.25, 0.3) is 0 Å². The largest absolute Gasteiger partial charge is 0.414 e. The van der Waals surface area contributed by atoms with Crippen molar-refractivity contribution < 1.29 is 23.7 Å². The van der Waals surface area contributed by atoms with Gasteiger partial charge < -0.3 is 23.7 Å². The first-order valence-corrected chi connectivity index (χ1v) is 11.6. The summed E-state index contributed by atoms with van der Waals surface area (Å²) in [5.41, 5.74) is -0.912. The highest BCUT2D eigenvalue weighted by Crippen LogP contribution is 2.57. The van der Waals surface area contributed by atoms with Gasteiger partial charge in [-0.15, -0.1) is 0 Å². The van der Waals surface area contributed by atoms with Crippen LogP contribution in [0, 0.1) is 0 Å². The molecule has 1 saturated carbocycles. The van der Waals surface area contributed by atoms with Gasteiger partial charge in [-0.3, -0.25) is 0 Å². The Hall–Kier alpha value is 0.0169. The highest BCUT2D eigenvalue weighted by atomic mass is 28.4. The third-order valence-corrected chi connectivity index (χ3v) is 10.5. The number of ether oxygens (including phenoxy) is 3. The average Bonchev–Trinajstić information content (AvgIpc) is 3.19.